The SMILES string of the molecule is O=C(Nc1ccc(C(=O)N2CCOCC2)c(F)c1)c1cccc(N2C(=O)c3ccccc3C2=O)c1. The highest BCUT2D eigenvalue weighted by Gasteiger charge is 2.36. The Morgan fingerprint density at radius 3 is 2.20 bits per heavy atom. The number of carbonyl (C=O) groups excluding carboxylic acids is 4. The molecule has 2 aliphatic heterocycles. The third-order valence-corrected chi connectivity index (χ3v) is 5.92. The number of imide groups is 1. The van der Waals surface area contributed by atoms with Gasteiger partial charge < -0.3 is 15.0 Å². The molecule has 0 saturated carbocycles. The highest BCUT2D eigenvalue weighted by molar-refractivity contribution is 6.34. The Hall–Kier alpha value is -4.37. The Kier molecular flexibility index (Phi) is 5.84. The molecule has 0 aromatic heterocycles. The van der Waals surface area contributed by atoms with E-state index >= 15 is 0 Å². The van der Waals surface area contributed by atoms with Crippen LogP contribution >= 0.6 is 0 Å². The molecule has 0 atom stereocenters. The van der Waals surface area contributed by atoms with E-state index in [4.69, 9.17) is 4.74 Å². The normalized spacial score (nSPS) is 15.2. The van der Waals surface area contributed by atoms with Gasteiger partial charge >= 0.3 is 0 Å². The van der Waals surface area contributed by atoms with Crippen LogP contribution in [0.5, 0.6) is 0 Å². The van der Waals surface area contributed by atoms with E-state index in [-0.39, 0.29) is 22.5 Å². The fourth-order valence-corrected chi connectivity index (χ4v) is 4.12. The first-order chi connectivity index (χ1) is 16.9. The minimum absolute atomic E-state index is 0.0856. The van der Waals surface area contributed by atoms with Crippen LogP contribution in [0.1, 0.15) is 41.4 Å². The summed E-state index contributed by atoms with van der Waals surface area (Å²) in [5.74, 6) is -2.68. The van der Waals surface area contributed by atoms with Gasteiger partial charge in [0.1, 0.15) is 5.82 Å². The molecule has 0 radical (unpaired) electrons. The molecule has 3 aromatic rings. The third-order valence-electron chi connectivity index (χ3n) is 5.92. The van der Waals surface area contributed by atoms with E-state index in [1.165, 1.54) is 29.2 Å². The predicted octanol–water partition coefficient (Wildman–Crippen LogP) is 3.35. The highest BCUT2D eigenvalue weighted by atomic mass is 19.1. The van der Waals surface area contributed by atoms with Crippen molar-refractivity contribution in [3.05, 3.63) is 94.8 Å². The molecule has 4 amide bonds. The lowest BCUT2D eigenvalue weighted by atomic mass is 10.1. The van der Waals surface area contributed by atoms with E-state index in [0.717, 1.165) is 11.0 Å². The van der Waals surface area contributed by atoms with E-state index < -0.39 is 29.4 Å². The second kappa shape index (κ2) is 9.11. The summed E-state index contributed by atoms with van der Waals surface area (Å²) in [7, 11) is 0. The lowest BCUT2D eigenvalue weighted by Crippen LogP contribution is -2.41. The van der Waals surface area contributed by atoms with Crippen LogP contribution in [-0.2, 0) is 4.74 Å². The van der Waals surface area contributed by atoms with Crippen molar-refractivity contribution in [1.82, 2.24) is 4.90 Å². The monoisotopic (exact) mass is 473 g/mol. The molecular weight excluding hydrogens is 453 g/mol. The largest absolute Gasteiger partial charge is 0.378 e. The second-order valence-corrected chi connectivity index (χ2v) is 8.09. The van der Waals surface area contributed by atoms with Gasteiger partial charge in [0.05, 0.1) is 35.6 Å². The number of carbonyl (C=O) groups is 4. The quantitative estimate of drug-likeness (QED) is 0.587. The molecule has 176 valence electrons. The van der Waals surface area contributed by atoms with Crippen molar-refractivity contribution in [3.63, 3.8) is 0 Å². The van der Waals surface area contributed by atoms with Crippen molar-refractivity contribution in [2.75, 3.05) is 36.5 Å². The Morgan fingerprint density at radius 1 is 0.857 bits per heavy atom. The summed E-state index contributed by atoms with van der Waals surface area (Å²) in [4.78, 5) is 53.4. The summed E-state index contributed by atoms with van der Waals surface area (Å²) in [5, 5.41) is 2.59. The molecule has 1 saturated heterocycles. The average Bonchev–Trinajstić information content (AvgIpc) is 3.14. The molecule has 2 heterocycles. The van der Waals surface area contributed by atoms with Crippen molar-refractivity contribution in [3.8, 4) is 0 Å². The van der Waals surface area contributed by atoms with Gasteiger partial charge in [-0.05, 0) is 48.5 Å². The van der Waals surface area contributed by atoms with Gasteiger partial charge in [-0.25, -0.2) is 9.29 Å². The van der Waals surface area contributed by atoms with Gasteiger partial charge in [0.25, 0.3) is 23.6 Å². The van der Waals surface area contributed by atoms with Gasteiger partial charge in [-0.3, -0.25) is 19.2 Å². The van der Waals surface area contributed by atoms with Crippen LogP contribution < -0.4 is 10.2 Å². The van der Waals surface area contributed by atoms with Crippen molar-refractivity contribution in [2.24, 2.45) is 0 Å². The zero-order valence-corrected chi connectivity index (χ0v) is 18.5. The number of benzene rings is 3. The fourth-order valence-electron chi connectivity index (χ4n) is 4.12. The second-order valence-electron chi connectivity index (χ2n) is 8.09. The number of hydrogen-bond acceptors (Lipinski definition) is 5. The van der Waals surface area contributed by atoms with Gasteiger partial charge in [0, 0.05) is 24.3 Å². The van der Waals surface area contributed by atoms with Crippen LogP contribution in [0.15, 0.2) is 66.7 Å². The van der Waals surface area contributed by atoms with Gasteiger partial charge in [0.15, 0.2) is 0 Å². The lowest BCUT2D eigenvalue weighted by molar-refractivity contribution is 0.0300. The number of halogens is 1. The molecule has 8 nitrogen and oxygen atoms in total. The molecule has 9 heteroatoms. The Labute approximate surface area is 199 Å². The zero-order chi connectivity index (χ0) is 24.5. The number of hydrogen-bond donors (Lipinski definition) is 1. The van der Waals surface area contributed by atoms with Gasteiger partial charge in [-0.2, -0.15) is 0 Å². The molecule has 35 heavy (non-hydrogen) atoms. The number of nitrogens with one attached hydrogen (secondary N) is 1. The average molecular weight is 473 g/mol. The van der Waals surface area contributed by atoms with E-state index in [2.05, 4.69) is 5.32 Å². The molecule has 3 aromatic carbocycles. The first-order valence-electron chi connectivity index (χ1n) is 11.0. The zero-order valence-electron chi connectivity index (χ0n) is 18.5. The topological polar surface area (TPSA) is 96.0 Å². The molecule has 0 bridgehead atoms. The summed E-state index contributed by atoms with van der Waals surface area (Å²) >= 11 is 0. The Bertz CT molecular complexity index is 1330. The first kappa shape index (κ1) is 22.4. The number of rotatable bonds is 4. The van der Waals surface area contributed by atoms with Gasteiger partial charge in [-0.15, -0.1) is 0 Å². The maximum absolute atomic E-state index is 14.7. The minimum Gasteiger partial charge on any atom is -0.378 e. The van der Waals surface area contributed by atoms with E-state index in [0.29, 0.717) is 37.4 Å². The highest BCUT2D eigenvalue weighted by Crippen LogP contribution is 2.29. The summed E-state index contributed by atoms with van der Waals surface area (Å²) in [5.41, 5.74) is 1.10. The first-order valence-corrected chi connectivity index (χ1v) is 11.0. The van der Waals surface area contributed by atoms with Crippen LogP contribution in [-0.4, -0.2) is 54.8 Å². The number of fused-ring (bicyclic) bond motifs is 1. The number of amides is 4. The molecule has 0 aliphatic carbocycles. The number of morpholine rings is 1. The van der Waals surface area contributed by atoms with Crippen LogP contribution in [0, 0.1) is 5.82 Å². The Morgan fingerprint density at radius 2 is 1.54 bits per heavy atom. The summed E-state index contributed by atoms with van der Waals surface area (Å²) in [6, 6.07) is 16.4. The molecule has 2 aliphatic rings. The van der Waals surface area contributed by atoms with Crippen LogP contribution in [0.25, 0.3) is 0 Å². The van der Waals surface area contributed by atoms with Crippen LogP contribution in [0.2, 0.25) is 0 Å². The van der Waals surface area contributed by atoms with Gasteiger partial charge in [0.2, 0.25) is 0 Å². The van der Waals surface area contributed by atoms with Crippen molar-refractivity contribution in [2.45, 2.75) is 0 Å². The summed E-state index contributed by atoms with van der Waals surface area (Å²) in [6.45, 7) is 1.59. The van der Waals surface area contributed by atoms with Crippen molar-refractivity contribution >= 4 is 35.0 Å². The number of nitrogens with zero attached hydrogens (tertiary/aromatic N) is 2. The standard InChI is InChI=1S/C26H20FN3O5/c27-22-15-17(8-9-21(22)24(32)29-10-12-35-13-11-29)28-23(31)16-4-3-5-18(14-16)30-25(33)19-6-1-2-7-20(19)26(30)34/h1-9,14-15H,10-13H2,(H,28,31). The predicted molar refractivity (Wildman–Crippen MR) is 125 cm³/mol. The van der Waals surface area contributed by atoms with Gasteiger partial charge in [-0.1, -0.05) is 18.2 Å². The molecule has 0 spiro atoms. The molecule has 1 fully saturated rings. The van der Waals surface area contributed by atoms with E-state index in [1.54, 1.807) is 36.4 Å². The Balaban J connectivity index is 1.33. The van der Waals surface area contributed by atoms with Crippen molar-refractivity contribution < 1.29 is 28.3 Å². The minimum atomic E-state index is -0.751. The summed E-state index contributed by atoms with van der Waals surface area (Å²) < 4.78 is 19.9. The molecular formula is C26H20FN3O5. The van der Waals surface area contributed by atoms with Crippen molar-refractivity contribution in [1.29, 1.82) is 0 Å². The lowest BCUT2D eigenvalue weighted by Gasteiger charge is -2.27. The molecule has 0 unspecified atom stereocenters. The van der Waals surface area contributed by atoms with Crippen LogP contribution in [0.3, 0.4) is 0 Å². The molecule has 5 rings (SSSR count). The summed E-state index contributed by atoms with van der Waals surface area (Å²) in [6.07, 6.45) is 0. The van der Waals surface area contributed by atoms with Crippen LogP contribution in [0.4, 0.5) is 15.8 Å². The van der Waals surface area contributed by atoms with E-state index in [1.807, 2.05) is 0 Å². The number of anilines is 2. The van der Waals surface area contributed by atoms with E-state index in [9.17, 15) is 23.6 Å². The number of ether oxygens (including phenoxy) is 1. The fraction of sp³-hybridized carbons (Fsp3) is 0.154. The smallest absolute Gasteiger partial charge is 0.266 e. The molecule has 1 N–H and O–H groups in total. The maximum Gasteiger partial charge on any atom is 0.266 e. The maximum atomic E-state index is 14.7. The third kappa shape index (κ3) is 4.17.